The number of halogens is 2. The first kappa shape index (κ1) is 19.2. The minimum Gasteiger partial charge on any atom is -0.489 e. The van der Waals surface area contributed by atoms with Crippen LogP contribution in [-0.2, 0) is 11.4 Å². The van der Waals surface area contributed by atoms with Gasteiger partial charge in [-0.15, -0.1) is 11.8 Å². The summed E-state index contributed by atoms with van der Waals surface area (Å²) in [7, 11) is 0. The van der Waals surface area contributed by atoms with E-state index < -0.39 is 0 Å². The summed E-state index contributed by atoms with van der Waals surface area (Å²) < 4.78 is 5.85. The lowest BCUT2D eigenvalue weighted by Gasteiger charge is -2.24. The molecule has 6 heteroatoms. The van der Waals surface area contributed by atoms with E-state index in [-0.39, 0.29) is 11.3 Å². The molecule has 0 aromatic heterocycles. The molecule has 0 spiro atoms. The van der Waals surface area contributed by atoms with Crippen molar-refractivity contribution in [3.8, 4) is 5.75 Å². The molecule has 0 N–H and O–H groups in total. The van der Waals surface area contributed by atoms with Crippen LogP contribution in [0.3, 0.4) is 0 Å². The number of carbonyl (C=O) groups is 1. The van der Waals surface area contributed by atoms with Crippen molar-refractivity contribution in [2.45, 2.75) is 12.0 Å². The molecule has 1 heterocycles. The highest BCUT2D eigenvalue weighted by Crippen LogP contribution is 2.42. The summed E-state index contributed by atoms with van der Waals surface area (Å²) in [5, 5.41) is 1.29. The highest BCUT2D eigenvalue weighted by atomic mass is 35.5. The molecule has 0 saturated carbocycles. The quantitative estimate of drug-likeness (QED) is 0.472. The molecule has 1 amide bonds. The summed E-state index contributed by atoms with van der Waals surface area (Å²) in [6.07, 6.45) is 0. The molecule has 0 bridgehead atoms. The summed E-state index contributed by atoms with van der Waals surface area (Å²) in [6, 6.07) is 22.9. The van der Waals surface area contributed by atoms with E-state index in [1.165, 1.54) is 0 Å². The Morgan fingerprint density at radius 1 is 0.964 bits per heavy atom. The topological polar surface area (TPSA) is 29.5 Å². The maximum absolute atomic E-state index is 12.4. The first-order chi connectivity index (χ1) is 13.6. The monoisotopic (exact) mass is 429 g/mol. The second kappa shape index (κ2) is 8.48. The second-order valence-electron chi connectivity index (χ2n) is 6.39. The van der Waals surface area contributed by atoms with E-state index in [0.717, 1.165) is 22.6 Å². The van der Waals surface area contributed by atoms with E-state index in [2.05, 4.69) is 0 Å². The van der Waals surface area contributed by atoms with Crippen LogP contribution < -0.4 is 9.64 Å². The van der Waals surface area contributed by atoms with Gasteiger partial charge < -0.3 is 4.74 Å². The molecule has 0 aliphatic carbocycles. The fraction of sp³-hybridized carbons (Fsp3) is 0.136. The van der Waals surface area contributed by atoms with Crippen molar-refractivity contribution >= 4 is 46.6 Å². The molecule has 0 unspecified atom stereocenters. The lowest BCUT2D eigenvalue weighted by atomic mass is 10.1. The fourth-order valence-corrected chi connectivity index (χ4v) is 4.59. The number of nitrogens with zero attached hydrogens (tertiary/aromatic N) is 1. The Morgan fingerprint density at radius 2 is 1.71 bits per heavy atom. The normalized spacial score (nSPS) is 16.4. The summed E-state index contributed by atoms with van der Waals surface area (Å²) in [4.78, 5) is 14.3. The zero-order valence-corrected chi connectivity index (χ0v) is 17.2. The van der Waals surface area contributed by atoms with Crippen molar-refractivity contribution in [1.29, 1.82) is 0 Å². The highest BCUT2D eigenvalue weighted by Gasteiger charge is 2.33. The molecule has 1 fully saturated rings. The van der Waals surface area contributed by atoms with Crippen LogP contribution in [0.15, 0.2) is 72.8 Å². The minimum atomic E-state index is -0.0596. The molecule has 1 atom stereocenters. The standard InChI is InChI=1S/C22H17Cl2NO2S/c23-17-6-8-19(9-7-17)25-21(26)14-28-22(25)16-4-10-20(11-5-16)27-13-15-2-1-3-18(24)12-15/h1-12,22H,13-14H2/t22-/m1/s1. The van der Waals surface area contributed by atoms with Crippen LogP contribution in [0.4, 0.5) is 5.69 Å². The Balaban J connectivity index is 1.48. The largest absolute Gasteiger partial charge is 0.489 e. The molecule has 3 aromatic rings. The SMILES string of the molecule is O=C1CS[C@H](c2ccc(OCc3cccc(Cl)c3)cc2)N1c1ccc(Cl)cc1. The second-order valence-corrected chi connectivity index (χ2v) is 8.33. The third-order valence-corrected chi connectivity index (χ3v) is 6.13. The Labute approximate surface area is 178 Å². The zero-order valence-electron chi connectivity index (χ0n) is 14.8. The number of hydrogen-bond acceptors (Lipinski definition) is 3. The number of anilines is 1. The molecule has 3 nitrogen and oxygen atoms in total. The summed E-state index contributed by atoms with van der Waals surface area (Å²) in [6.45, 7) is 0.452. The Hall–Kier alpha value is -2.14. The Bertz CT molecular complexity index is 977. The van der Waals surface area contributed by atoms with Crippen molar-refractivity contribution < 1.29 is 9.53 Å². The highest BCUT2D eigenvalue weighted by molar-refractivity contribution is 8.00. The van der Waals surface area contributed by atoms with Gasteiger partial charge in [0, 0.05) is 15.7 Å². The van der Waals surface area contributed by atoms with E-state index in [1.54, 1.807) is 23.9 Å². The minimum absolute atomic E-state index is 0.0596. The molecule has 142 valence electrons. The molecular weight excluding hydrogens is 413 g/mol. The van der Waals surface area contributed by atoms with Crippen LogP contribution in [-0.4, -0.2) is 11.7 Å². The molecule has 28 heavy (non-hydrogen) atoms. The van der Waals surface area contributed by atoms with Crippen LogP contribution in [0, 0.1) is 0 Å². The number of benzene rings is 3. The maximum Gasteiger partial charge on any atom is 0.238 e. The Morgan fingerprint density at radius 3 is 2.43 bits per heavy atom. The molecule has 0 radical (unpaired) electrons. The van der Waals surface area contributed by atoms with Gasteiger partial charge in [0.25, 0.3) is 0 Å². The molecule has 4 rings (SSSR count). The van der Waals surface area contributed by atoms with Crippen molar-refractivity contribution in [1.82, 2.24) is 0 Å². The van der Waals surface area contributed by atoms with Gasteiger partial charge in [0.05, 0.1) is 5.75 Å². The molecular formula is C22H17Cl2NO2S. The maximum atomic E-state index is 12.4. The van der Waals surface area contributed by atoms with Crippen molar-refractivity contribution in [3.63, 3.8) is 0 Å². The van der Waals surface area contributed by atoms with Crippen LogP contribution in [0.5, 0.6) is 5.75 Å². The lowest BCUT2D eigenvalue weighted by Crippen LogP contribution is -2.27. The summed E-state index contributed by atoms with van der Waals surface area (Å²) >= 11 is 13.6. The molecule has 1 aliphatic rings. The number of amides is 1. The van der Waals surface area contributed by atoms with Crippen molar-refractivity contribution in [3.05, 3.63) is 94.0 Å². The predicted octanol–water partition coefficient (Wildman–Crippen LogP) is 6.35. The number of thioether (sulfide) groups is 1. The van der Waals surface area contributed by atoms with Gasteiger partial charge in [0.1, 0.15) is 17.7 Å². The van der Waals surface area contributed by atoms with E-state index in [9.17, 15) is 4.79 Å². The third kappa shape index (κ3) is 4.30. The van der Waals surface area contributed by atoms with E-state index in [1.807, 2.05) is 65.6 Å². The van der Waals surface area contributed by atoms with E-state index in [4.69, 9.17) is 27.9 Å². The number of rotatable bonds is 5. The van der Waals surface area contributed by atoms with Crippen LogP contribution in [0.25, 0.3) is 0 Å². The van der Waals surface area contributed by atoms with Gasteiger partial charge in [-0.25, -0.2) is 0 Å². The third-order valence-electron chi connectivity index (χ3n) is 4.43. The molecule has 1 aliphatic heterocycles. The van der Waals surface area contributed by atoms with Crippen molar-refractivity contribution in [2.24, 2.45) is 0 Å². The first-order valence-electron chi connectivity index (χ1n) is 8.76. The van der Waals surface area contributed by atoms with Gasteiger partial charge in [-0.1, -0.05) is 47.5 Å². The van der Waals surface area contributed by atoms with Crippen LogP contribution >= 0.6 is 35.0 Å². The van der Waals surface area contributed by atoms with Crippen molar-refractivity contribution in [2.75, 3.05) is 10.7 Å². The molecule has 3 aromatic carbocycles. The van der Waals surface area contributed by atoms with Crippen LogP contribution in [0.1, 0.15) is 16.5 Å². The van der Waals surface area contributed by atoms with Gasteiger partial charge in [-0.05, 0) is 59.7 Å². The van der Waals surface area contributed by atoms with Gasteiger partial charge in [0.2, 0.25) is 5.91 Å². The number of ether oxygens (including phenoxy) is 1. The average molecular weight is 430 g/mol. The van der Waals surface area contributed by atoms with Gasteiger partial charge in [-0.3, -0.25) is 9.69 Å². The number of carbonyl (C=O) groups excluding carboxylic acids is 1. The molecule has 1 saturated heterocycles. The van der Waals surface area contributed by atoms with E-state index >= 15 is 0 Å². The zero-order chi connectivity index (χ0) is 19.5. The van der Waals surface area contributed by atoms with Gasteiger partial charge >= 0.3 is 0 Å². The smallest absolute Gasteiger partial charge is 0.238 e. The summed E-state index contributed by atoms with van der Waals surface area (Å²) in [5.74, 6) is 1.33. The predicted molar refractivity (Wildman–Crippen MR) is 116 cm³/mol. The first-order valence-corrected chi connectivity index (χ1v) is 10.6. The number of hydrogen-bond donors (Lipinski definition) is 0. The lowest BCUT2D eigenvalue weighted by molar-refractivity contribution is -0.115. The van der Waals surface area contributed by atoms with Gasteiger partial charge in [-0.2, -0.15) is 0 Å². The summed E-state index contributed by atoms with van der Waals surface area (Å²) in [5.41, 5.74) is 2.93. The van der Waals surface area contributed by atoms with E-state index in [0.29, 0.717) is 22.4 Å². The van der Waals surface area contributed by atoms with Gasteiger partial charge in [0.15, 0.2) is 0 Å². The average Bonchev–Trinajstić information content (AvgIpc) is 3.09. The van der Waals surface area contributed by atoms with Crippen LogP contribution in [0.2, 0.25) is 10.0 Å². The fourth-order valence-electron chi connectivity index (χ4n) is 3.07. The Kier molecular flexibility index (Phi) is 5.81.